The molecule has 0 spiro atoms. The van der Waals surface area contributed by atoms with Crippen LogP contribution in [-0.4, -0.2) is 64.1 Å². The summed E-state index contributed by atoms with van der Waals surface area (Å²) in [7, 11) is 0. The molecule has 1 aliphatic heterocycles. The molecular weight excluding hydrogens is 376 g/mol. The van der Waals surface area contributed by atoms with Gasteiger partial charge in [0.2, 0.25) is 11.8 Å². The van der Waals surface area contributed by atoms with Gasteiger partial charge in [0.15, 0.2) is 0 Å². The molecule has 1 fully saturated rings. The van der Waals surface area contributed by atoms with Crippen LogP contribution in [0.3, 0.4) is 0 Å². The van der Waals surface area contributed by atoms with E-state index in [1.165, 1.54) is 23.6 Å². The molecule has 8 heteroatoms. The third kappa shape index (κ3) is 6.21. The van der Waals surface area contributed by atoms with Gasteiger partial charge in [-0.05, 0) is 43.5 Å². The van der Waals surface area contributed by atoms with Crippen LogP contribution in [0.4, 0.5) is 0 Å². The molecule has 142 valence electrons. The van der Waals surface area contributed by atoms with Gasteiger partial charge in [0, 0.05) is 36.0 Å². The van der Waals surface area contributed by atoms with Crippen LogP contribution >= 0.6 is 23.4 Å². The van der Waals surface area contributed by atoms with Crippen molar-refractivity contribution in [3.05, 3.63) is 29.3 Å². The second-order valence-corrected chi connectivity index (χ2v) is 7.73. The number of thioether (sulfide) groups is 1. The highest BCUT2D eigenvalue weighted by Gasteiger charge is 2.27. The number of hydrogen-bond donors (Lipinski definition) is 1. The molecule has 1 saturated heterocycles. The first-order valence-corrected chi connectivity index (χ1v) is 9.88. The Kier molecular flexibility index (Phi) is 7.78. The SMILES string of the molecule is CC(=O)N(CC(=O)O)C1CCCN(C(=O)CSc2ccc(Cl)cc2)CC1. The van der Waals surface area contributed by atoms with Crippen molar-refractivity contribution in [2.75, 3.05) is 25.4 Å². The van der Waals surface area contributed by atoms with Crippen molar-refractivity contribution in [2.24, 2.45) is 0 Å². The minimum atomic E-state index is -1.02. The maximum absolute atomic E-state index is 12.5. The highest BCUT2D eigenvalue weighted by Crippen LogP contribution is 2.22. The Hall–Kier alpha value is -1.73. The van der Waals surface area contributed by atoms with Gasteiger partial charge in [-0.2, -0.15) is 0 Å². The minimum Gasteiger partial charge on any atom is -0.480 e. The predicted octanol–water partition coefficient (Wildman–Crippen LogP) is 2.75. The number of nitrogens with zero attached hydrogens (tertiary/aromatic N) is 2. The van der Waals surface area contributed by atoms with E-state index < -0.39 is 5.97 Å². The number of carbonyl (C=O) groups excluding carboxylic acids is 2. The van der Waals surface area contributed by atoms with Gasteiger partial charge in [-0.25, -0.2) is 0 Å². The van der Waals surface area contributed by atoms with Crippen LogP contribution in [0, 0.1) is 0 Å². The molecule has 1 unspecified atom stereocenters. The van der Waals surface area contributed by atoms with Gasteiger partial charge in [-0.1, -0.05) is 11.6 Å². The molecule has 1 aromatic rings. The van der Waals surface area contributed by atoms with Gasteiger partial charge in [0.05, 0.1) is 5.75 Å². The zero-order valence-electron chi connectivity index (χ0n) is 14.7. The molecule has 1 atom stereocenters. The first kappa shape index (κ1) is 20.6. The number of carboxylic acid groups (broad SMARTS) is 1. The van der Waals surface area contributed by atoms with E-state index in [9.17, 15) is 14.4 Å². The summed E-state index contributed by atoms with van der Waals surface area (Å²) >= 11 is 7.32. The molecule has 2 amide bonds. The van der Waals surface area contributed by atoms with Crippen molar-refractivity contribution in [1.82, 2.24) is 9.80 Å². The lowest BCUT2D eigenvalue weighted by Crippen LogP contribution is -2.43. The molecule has 1 N–H and O–H groups in total. The van der Waals surface area contributed by atoms with Gasteiger partial charge >= 0.3 is 5.97 Å². The molecule has 6 nitrogen and oxygen atoms in total. The lowest BCUT2D eigenvalue weighted by atomic mass is 10.1. The van der Waals surface area contributed by atoms with Gasteiger partial charge < -0.3 is 14.9 Å². The average molecular weight is 399 g/mol. The lowest BCUT2D eigenvalue weighted by Gasteiger charge is -2.28. The zero-order chi connectivity index (χ0) is 19.1. The van der Waals surface area contributed by atoms with E-state index in [0.717, 1.165) is 11.3 Å². The van der Waals surface area contributed by atoms with Crippen LogP contribution in [0.5, 0.6) is 0 Å². The number of halogens is 1. The predicted molar refractivity (Wildman–Crippen MR) is 101 cm³/mol. The van der Waals surface area contributed by atoms with Gasteiger partial charge in [-0.15, -0.1) is 11.8 Å². The number of carbonyl (C=O) groups is 3. The molecule has 0 saturated carbocycles. The summed E-state index contributed by atoms with van der Waals surface area (Å²) in [5.41, 5.74) is 0. The van der Waals surface area contributed by atoms with E-state index in [-0.39, 0.29) is 24.4 Å². The molecule has 0 bridgehead atoms. The zero-order valence-corrected chi connectivity index (χ0v) is 16.3. The molecule has 0 aliphatic carbocycles. The Morgan fingerprint density at radius 2 is 1.92 bits per heavy atom. The van der Waals surface area contributed by atoms with Crippen molar-refractivity contribution in [3.63, 3.8) is 0 Å². The Morgan fingerprint density at radius 3 is 2.54 bits per heavy atom. The molecule has 1 heterocycles. The fourth-order valence-corrected chi connectivity index (χ4v) is 3.98. The molecule has 1 aliphatic rings. The topological polar surface area (TPSA) is 77.9 Å². The smallest absolute Gasteiger partial charge is 0.323 e. The second kappa shape index (κ2) is 9.83. The van der Waals surface area contributed by atoms with Crippen LogP contribution < -0.4 is 0 Å². The summed E-state index contributed by atoms with van der Waals surface area (Å²) < 4.78 is 0. The summed E-state index contributed by atoms with van der Waals surface area (Å²) in [5, 5.41) is 9.66. The largest absolute Gasteiger partial charge is 0.480 e. The van der Waals surface area contributed by atoms with Gasteiger partial charge in [-0.3, -0.25) is 14.4 Å². The van der Waals surface area contributed by atoms with Gasteiger partial charge in [0.1, 0.15) is 6.54 Å². The van der Waals surface area contributed by atoms with E-state index in [2.05, 4.69) is 0 Å². The highest BCUT2D eigenvalue weighted by atomic mass is 35.5. The molecule has 1 aromatic carbocycles. The van der Waals surface area contributed by atoms with Crippen LogP contribution in [0.25, 0.3) is 0 Å². The number of rotatable bonds is 6. The number of amides is 2. The normalized spacial score (nSPS) is 17.5. The summed E-state index contributed by atoms with van der Waals surface area (Å²) in [5.74, 6) is -0.858. The Bertz CT molecular complexity index is 653. The Labute approximate surface area is 162 Å². The standard InChI is InChI=1S/C18H23ClN2O4S/c1-13(22)21(11-18(24)25)15-3-2-9-20(10-8-15)17(23)12-26-16-6-4-14(19)5-7-16/h4-7,15H,2-3,8-12H2,1H3,(H,24,25). The number of benzene rings is 1. The molecule has 2 rings (SSSR count). The minimum absolute atomic E-state index is 0.0539. The maximum atomic E-state index is 12.5. The van der Waals surface area contributed by atoms with E-state index in [4.69, 9.17) is 16.7 Å². The second-order valence-electron chi connectivity index (χ2n) is 6.25. The van der Waals surface area contributed by atoms with E-state index in [1.807, 2.05) is 17.0 Å². The number of hydrogen-bond acceptors (Lipinski definition) is 4. The van der Waals surface area contributed by atoms with Crippen LogP contribution in [0.15, 0.2) is 29.2 Å². The van der Waals surface area contributed by atoms with Crippen LogP contribution in [0.1, 0.15) is 26.2 Å². The van der Waals surface area contributed by atoms with Gasteiger partial charge in [0.25, 0.3) is 0 Å². The number of aliphatic carboxylic acids is 1. The third-order valence-electron chi connectivity index (χ3n) is 4.38. The highest BCUT2D eigenvalue weighted by molar-refractivity contribution is 8.00. The monoisotopic (exact) mass is 398 g/mol. The van der Waals surface area contributed by atoms with Crippen LogP contribution in [-0.2, 0) is 14.4 Å². The molecule has 0 radical (unpaired) electrons. The van der Waals surface area contributed by atoms with Crippen molar-refractivity contribution in [3.8, 4) is 0 Å². The van der Waals surface area contributed by atoms with E-state index in [1.54, 1.807) is 12.1 Å². The average Bonchev–Trinajstić information content (AvgIpc) is 2.84. The summed E-state index contributed by atoms with van der Waals surface area (Å²) in [4.78, 5) is 39.4. The van der Waals surface area contributed by atoms with Crippen molar-refractivity contribution < 1.29 is 19.5 Å². The summed E-state index contributed by atoms with van der Waals surface area (Å²) in [6.45, 7) is 2.27. The van der Waals surface area contributed by atoms with Crippen molar-refractivity contribution in [1.29, 1.82) is 0 Å². The number of carboxylic acids is 1. The van der Waals surface area contributed by atoms with E-state index >= 15 is 0 Å². The lowest BCUT2D eigenvalue weighted by molar-refractivity contribution is -0.145. The number of likely N-dealkylation sites (tertiary alicyclic amines) is 1. The fraction of sp³-hybridized carbons (Fsp3) is 0.500. The Balaban J connectivity index is 1.88. The molecule has 0 aromatic heterocycles. The van der Waals surface area contributed by atoms with E-state index in [0.29, 0.717) is 36.7 Å². The first-order valence-electron chi connectivity index (χ1n) is 8.52. The maximum Gasteiger partial charge on any atom is 0.323 e. The summed E-state index contributed by atoms with van der Waals surface area (Å²) in [6.07, 6.45) is 2.07. The fourth-order valence-electron chi connectivity index (χ4n) is 3.05. The summed E-state index contributed by atoms with van der Waals surface area (Å²) in [6, 6.07) is 7.23. The Morgan fingerprint density at radius 1 is 1.23 bits per heavy atom. The molecular formula is C18H23ClN2O4S. The third-order valence-corrected chi connectivity index (χ3v) is 5.63. The first-order chi connectivity index (χ1) is 12.4. The molecule has 26 heavy (non-hydrogen) atoms. The van der Waals surface area contributed by atoms with Crippen LogP contribution in [0.2, 0.25) is 5.02 Å². The van der Waals surface area contributed by atoms with Crippen molar-refractivity contribution in [2.45, 2.75) is 37.1 Å². The van der Waals surface area contributed by atoms with Crippen molar-refractivity contribution >= 4 is 41.1 Å². The quantitative estimate of drug-likeness (QED) is 0.745.